The van der Waals surface area contributed by atoms with E-state index in [2.05, 4.69) is 82.6 Å². The maximum atomic E-state index is 14.3. The molecule has 4 fully saturated rings. The third kappa shape index (κ3) is 7.01. The van der Waals surface area contributed by atoms with Crippen molar-refractivity contribution in [2.45, 2.75) is 152 Å². The number of carboxylic acid groups (broad SMARTS) is 1. The molecule has 5 aliphatic rings. The van der Waals surface area contributed by atoms with E-state index in [-0.39, 0.29) is 51.8 Å². The summed E-state index contributed by atoms with van der Waals surface area (Å²) in [7, 11) is 4.10. The second-order valence-corrected chi connectivity index (χ2v) is 21.3. The van der Waals surface area contributed by atoms with E-state index in [1.807, 2.05) is 0 Å². The van der Waals surface area contributed by atoms with Crippen LogP contribution in [0.4, 0.5) is 0 Å². The van der Waals surface area contributed by atoms with Crippen molar-refractivity contribution < 1.29 is 33.8 Å². The first-order chi connectivity index (χ1) is 25.9. The molecule has 0 spiro atoms. The number of carbonyl (C=O) groups is 3. The van der Waals surface area contributed by atoms with Gasteiger partial charge in [0.25, 0.3) is 0 Å². The fraction of sp³-hybridized carbons (Fsp3) is 0.844. The molecular formula is C45H72N4O7. The Kier molecular flexibility index (Phi) is 11.4. The molecule has 1 heterocycles. The second-order valence-electron chi connectivity index (χ2n) is 21.3. The standard InChI is InChI=1S/C45H72N4O7/c1-27(2)37-30(50)23-45(33(51)25-49(22-21-48(11)12)26-35-47-46-28(3)55-35)20-19-43(9)29(38(37)45)13-14-32-42(8)17-16-34(56-36(52)24-40(4,5)39(53)54)41(6,7)31(42)15-18-44(32,43)10/h27,29,31-34,51H,13-26H2,1-12H3,(H,53,54). The number of carboxylic acids is 1. The van der Waals surface area contributed by atoms with Gasteiger partial charge in [-0.15, -0.1) is 10.2 Å². The first-order valence-electron chi connectivity index (χ1n) is 21.5. The largest absolute Gasteiger partial charge is 0.481 e. The number of allylic oxidation sites excluding steroid dienone is 1. The van der Waals surface area contributed by atoms with Crippen LogP contribution in [0, 0.1) is 63.1 Å². The number of hydrogen-bond acceptors (Lipinski definition) is 10. The van der Waals surface area contributed by atoms with Gasteiger partial charge in [-0.2, -0.15) is 0 Å². The van der Waals surface area contributed by atoms with Crippen LogP contribution in [-0.2, 0) is 25.7 Å². The molecule has 0 saturated heterocycles. The number of ether oxygens (including phenoxy) is 1. The monoisotopic (exact) mass is 781 g/mol. The average molecular weight is 781 g/mol. The molecule has 0 bridgehead atoms. The third-order valence-electron chi connectivity index (χ3n) is 16.7. The summed E-state index contributed by atoms with van der Waals surface area (Å²) in [4.78, 5) is 43.6. The van der Waals surface area contributed by atoms with E-state index in [0.717, 1.165) is 70.0 Å². The predicted molar refractivity (Wildman–Crippen MR) is 214 cm³/mol. The number of aliphatic hydroxyl groups is 1. The van der Waals surface area contributed by atoms with Crippen molar-refractivity contribution in [2.75, 3.05) is 33.7 Å². The van der Waals surface area contributed by atoms with E-state index in [1.165, 1.54) is 5.57 Å². The highest BCUT2D eigenvalue weighted by atomic mass is 16.5. The minimum atomic E-state index is -1.17. The molecule has 11 heteroatoms. The maximum Gasteiger partial charge on any atom is 0.309 e. The Morgan fingerprint density at radius 3 is 2.25 bits per heavy atom. The lowest BCUT2D eigenvalue weighted by Gasteiger charge is -2.72. The zero-order valence-electron chi connectivity index (χ0n) is 36.6. The molecule has 56 heavy (non-hydrogen) atoms. The van der Waals surface area contributed by atoms with Gasteiger partial charge >= 0.3 is 11.9 Å². The molecule has 6 rings (SSSR count). The van der Waals surface area contributed by atoms with Crippen LogP contribution in [0.2, 0.25) is 0 Å². The summed E-state index contributed by atoms with van der Waals surface area (Å²) < 4.78 is 12.0. The maximum absolute atomic E-state index is 14.3. The molecule has 0 aliphatic heterocycles. The second kappa shape index (κ2) is 14.9. The molecule has 1 aromatic rings. The number of Topliss-reactive ketones (excluding diaryl/α,β-unsaturated/α-hetero) is 1. The van der Waals surface area contributed by atoms with Crippen LogP contribution in [0.25, 0.3) is 0 Å². The normalized spacial score (nSPS) is 36.0. The Balaban J connectivity index is 1.29. The highest BCUT2D eigenvalue weighted by Crippen LogP contribution is 2.77. The molecule has 11 nitrogen and oxygen atoms in total. The molecule has 9 unspecified atom stereocenters. The first kappa shape index (κ1) is 43.0. The van der Waals surface area contributed by atoms with Gasteiger partial charge in [-0.05, 0) is 125 Å². The number of likely N-dealkylation sites (N-methyl/N-ethyl adjacent to an activating group) is 1. The van der Waals surface area contributed by atoms with Crippen LogP contribution < -0.4 is 0 Å². The smallest absolute Gasteiger partial charge is 0.309 e. The van der Waals surface area contributed by atoms with Gasteiger partial charge in [-0.3, -0.25) is 19.3 Å². The lowest BCUT2D eigenvalue weighted by atomic mass is 9.33. The minimum Gasteiger partial charge on any atom is -0.481 e. The molecule has 2 N–H and O–H groups in total. The minimum absolute atomic E-state index is 0.0255. The van der Waals surface area contributed by atoms with E-state index < -0.39 is 28.9 Å². The zero-order chi connectivity index (χ0) is 41.4. The number of esters is 1. The Hall–Kier alpha value is -2.63. The molecular weight excluding hydrogens is 709 g/mol. The Labute approximate surface area is 335 Å². The molecule has 4 saturated carbocycles. The number of aromatic nitrogens is 2. The van der Waals surface area contributed by atoms with E-state index >= 15 is 0 Å². The summed E-state index contributed by atoms with van der Waals surface area (Å²) in [6.07, 6.45) is 6.92. The molecule has 5 aliphatic carbocycles. The summed E-state index contributed by atoms with van der Waals surface area (Å²) in [5.74, 6) is 0.977. The highest BCUT2D eigenvalue weighted by molar-refractivity contribution is 6.00. The fourth-order valence-electron chi connectivity index (χ4n) is 13.5. The van der Waals surface area contributed by atoms with E-state index in [0.29, 0.717) is 43.1 Å². The van der Waals surface area contributed by atoms with Gasteiger partial charge in [0.15, 0.2) is 5.78 Å². The van der Waals surface area contributed by atoms with Gasteiger partial charge in [0.2, 0.25) is 11.8 Å². The SMILES string of the molecule is Cc1nnc(CN(CCN(C)C)CC(O)C23CCC4(C)C(CCC5C6(C)CCC(OC(=O)CC(C)(C)C(=O)O)C(C)(C)C6CCC54C)C2=C(C(C)C)C(=O)C3)o1. The molecule has 314 valence electrons. The fourth-order valence-corrected chi connectivity index (χ4v) is 13.5. The van der Waals surface area contributed by atoms with Gasteiger partial charge < -0.3 is 24.3 Å². The highest BCUT2D eigenvalue weighted by Gasteiger charge is 2.71. The van der Waals surface area contributed by atoms with E-state index in [4.69, 9.17) is 9.15 Å². The summed E-state index contributed by atoms with van der Waals surface area (Å²) in [5.41, 5.74) is 0.245. The summed E-state index contributed by atoms with van der Waals surface area (Å²) in [6, 6.07) is 0. The molecule has 1 aromatic heterocycles. The van der Waals surface area contributed by atoms with Crippen LogP contribution >= 0.6 is 0 Å². The van der Waals surface area contributed by atoms with E-state index in [9.17, 15) is 24.6 Å². The number of carbonyl (C=O) groups excluding carboxylic acids is 2. The molecule has 0 amide bonds. The van der Waals surface area contributed by atoms with Crippen molar-refractivity contribution in [3.8, 4) is 0 Å². The number of fused-ring (bicyclic) bond motifs is 7. The average Bonchev–Trinajstić information content (AvgIpc) is 3.64. The lowest BCUT2D eigenvalue weighted by Crippen LogP contribution is -2.66. The number of ketones is 1. The van der Waals surface area contributed by atoms with Gasteiger partial charge in [0.05, 0.1) is 24.5 Å². The number of aryl methyl sites for hydroxylation is 1. The van der Waals surface area contributed by atoms with Gasteiger partial charge in [-0.1, -0.05) is 54.0 Å². The summed E-state index contributed by atoms with van der Waals surface area (Å²) in [5, 5.41) is 30.6. The van der Waals surface area contributed by atoms with Crippen molar-refractivity contribution in [1.82, 2.24) is 20.0 Å². The predicted octanol–water partition coefficient (Wildman–Crippen LogP) is 7.50. The summed E-state index contributed by atoms with van der Waals surface area (Å²) >= 11 is 0. The molecule has 0 aromatic carbocycles. The topological polar surface area (TPSA) is 146 Å². The number of hydrogen-bond donors (Lipinski definition) is 2. The number of aliphatic hydroxyl groups excluding tert-OH is 1. The third-order valence-corrected chi connectivity index (χ3v) is 16.7. The summed E-state index contributed by atoms with van der Waals surface area (Å²) in [6.45, 7) is 23.8. The van der Waals surface area contributed by atoms with Crippen molar-refractivity contribution in [2.24, 2.45) is 56.2 Å². The van der Waals surface area contributed by atoms with Crippen molar-refractivity contribution in [3.05, 3.63) is 22.9 Å². The van der Waals surface area contributed by atoms with Crippen LogP contribution in [0.15, 0.2) is 15.6 Å². The lowest BCUT2D eigenvalue weighted by molar-refractivity contribution is -0.235. The van der Waals surface area contributed by atoms with E-state index in [1.54, 1.807) is 20.8 Å². The van der Waals surface area contributed by atoms with Crippen LogP contribution in [0.5, 0.6) is 0 Å². The van der Waals surface area contributed by atoms with Crippen LogP contribution in [-0.4, -0.2) is 93.9 Å². The van der Waals surface area contributed by atoms with Gasteiger partial charge in [0.1, 0.15) is 6.10 Å². The number of nitrogens with zero attached hydrogens (tertiary/aromatic N) is 4. The number of aliphatic carboxylic acids is 1. The molecule has 0 radical (unpaired) electrons. The Morgan fingerprint density at radius 1 is 0.946 bits per heavy atom. The number of rotatable bonds is 13. The van der Waals surface area contributed by atoms with Gasteiger partial charge in [0, 0.05) is 43.8 Å². The Bertz CT molecular complexity index is 1710. The van der Waals surface area contributed by atoms with Crippen LogP contribution in [0.1, 0.15) is 138 Å². The van der Waals surface area contributed by atoms with Crippen LogP contribution in [0.3, 0.4) is 0 Å². The zero-order valence-corrected chi connectivity index (χ0v) is 36.6. The van der Waals surface area contributed by atoms with Gasteiger partial charge in [-0.25, -0.2) is 0 Å². The quantitative estimate of drug-likeness (QED) is 0.192. The van der Waals surface area contributed by atoms with Crippen molar-refractivity contribution in [3.63, 3.8) is 0 Å². The first-order valence-corrected chi connectivity index (χ1v) is 21.5. The molecule has 9 atom stereocenters. The van der Waals surface area contributed by atoms with Crippen molar-refractivity contribution >= 4 is 17.7 Å². The Morgan fingerprint density at radius 2 is 1.64 bits per heavy atom. The van der Waals surface area contributed by atoms with Crippen molar-refractivity contribution in [1.29, 1.82) is 0 Å².